The predicted octanol–water partition coefficient (Wildman–Crippen LogP) is 2.64. The summed E-state index contributed by atoms with van der Waals surface area (Å²) in [5, 5.41) is 6.35. The van der Waals surface area contributed by atoms with Gasteiger partial charge in [0.05, 0.1) is 20.2 Å². The van der Waals surface area contributed by atoms with Gasteiger partial charge in [-0.1, -0.05) is 42.5 Å². The second kappa shape index (κ2) is 12.2. The van der Waals surface area contributed by atoms with E-state index in [2.05, 4.69) is 15.6 Å². The molecule has 0 unspecified atom stereocenters. The maximum Gasteiger partial charge on any atom is 0.241 e. The van der Waals surface area contributed by atoms with Gasteiger partial charge in [0.2, 0.25) is 5.91 Å². The molecule has 0 bridgehead atoms. The molecular formula is C20H27IN4O2. The fourth-order valence-corrected chi connectivity index (χ4v) is 2.17. The minimum Gasteiger partial charge on any atom is -0.497 e. The molecule has 0 spiro atoms. The minimum atomic E-state index is -0.0105. The molecule has 0 aliphatic carbocycles. The number of carbonyl (C=O) groups excluding carboxylic acids is 1. The summed E-state index contributed by atoms with van der Waals surface area (Å²) >= 11 is 0. The smallest absolute Gasteiger partial charge is 0.241 e. The van der Waals surface area contributed by atoms with Crippen molar-refractivity contribution in [3.63, 3.8) is 0 Å². The van der Waals surface area contributed by atoms with Crippen molar-refractivity contribution in [2.24, 2.45) is 4.99 Å². The molecule has 1 amide bonds. The number of amides is 1. The number of halogens is 1. The number of ether oxygens (including phenoxy) is 1. The van der Waals surface area contributed by atoms with Gasteiger partial charge in [0.15, 0.2) is 5.96 Å². The second-order valence-corrected chi connectivity index (χ2v) is 5.99. The molecule has 27 heavy (non-hydrogen) atoms. The van der Waals surface area contributed by atoms with E-state index in [0.717, 1.165) is 16.9 Å². The molecule has 146 valence electrons. The van der Waals surface area contributed by atoms with E-state index in [4.69, 9.17) is 4.74 Å². The molecule has 0 saturated heterocycles. The minimum absolute atomic E-state index is 0. The van der Waals surface area contributed by atoms with Gasteiger partial charge >= 0.3 is 0 Å². The number of nitrogens with one attached hydrogen (secondary N) is 2. The van der Waals surface area contributed by atoms with Gasteiger partial charge in [-0.25, -0.2) is 4.99 Å². The van der Waals surface area contributed by atoms with Crippen LogP contribution in [0.5, 0.6) is 5.75 Å². The summed E-state index contributed by atoms with van der Waals surface area (Å²) in [5.74, 6) is 1.41. The number of methoxy groups -OCH3 is 1. The highest BCUT2D eigenvalue weighted by molar-refractivity contribution is 14.0. The molecule has 0 aliphatic heterocycles. The molecule has 0 aliphatic rings. The van der Waals surface area contributed by atoms with Crippen LogP contribution in [0.15, 0.2) is 59.6 Å². The summed E-state index contributed by atoms with van der Waals surface area (Å²) in [4.78, 5) is 18.0. The molecule has 2 aromatic rings. The molecule has 2 N–H and O–H groups in total. The van der Waals surface area contributed by atoms with Crippen LogP contribution in [-0.4, -0.2) is 44.5 Å². The Balaban J connectivity index is 0.00000364. The molecule has 2 rings (SSSR count). The number of hydrogen-bond acceptors (Lipinski definition) is 3. The third-order valence-electron chi connectivity index (χ3n) is 3.79. The zero-order valence-electron chi connectivity index (χ0n) is 15.9. The Morgan fingerprint density at radius 2 is 1.67 bits per heavy atom. The van der Waals surface area contributed by atoms with Gasteiger partial charge in [-0.15, -0.1) is 24.0 Å². The topological polar surface area (TPSA) is 66.0 Å². The highest BCUT2D eigenvalue weighted by Gasteiger charge is 2.06. The molecule has 2 aromatic carbocycles. The van der Waals surface area contributed by atoms with Gasteiger partial charge in [0.1, 0.15) is 5.75 Å². The summed E-state index contributed by atoms with van der Waals surface area (Å²) in [7, 11) is 5.11. The van der Waals surface area contributed by atoms with Crippen molar-refractivity contribution < 1.29 is 9.53 Å². The molecule has 0 aromatic heterocycles. The van der Waals surface area contributed by atoms with E-state index in [9.17, 15) is 4.79 Å². The summed E-state index contributed by atoms with van der Waals surface area (Å²) in [6, 6.07) is 17.8. The molecule has 0 atom stereocenters. The van der Waals surface area contributed by atoms with Crippen molar-refractivity contribution >= 4 is 35.8 Å². The first-order chi connectivity index (χ1) is 12.6. The molecule has 0 fully saturated rings. The van der Waals surface area contributed by atoms with Crippen molar-refractivity contribution in [1.82, 2.24) is 15.5 Å². The predicted molar refractivity (Wildman–Crippen MR) is 120 cm³/mol. The number of hydrogen-bond donors (Lipinski definition) is 2. The van der Waals surface area contributed by atoms with E-state index in [1.54, 1.807) is 26.1 Å². The van der Waals surface area contributed by atoms with Gasteiger partial charge in [-0.3, -0.25) is 4.79 Å². The Hall–Kier alpha value is -2.29. The molecule has 6 nitrogen and oxygen atoms in total. The van der Waals surface area contributed by atoms with Crippen molar-refractivity contribution in [2.45, 2.75) is 13.1 Å². The van der Waals surface area contributed by atoms with Crippen LogP contribution in [0.4, 0.5) is 0 Å². The van der Waals surface area contributed by atoms with E-state index in [1.165, 1.54) is 0 Å². The molecular weight excluding hydrogens is 455 g/mol. The van der Waals surface area contributed by atoms with Crippen LogP contribution in [0.2, 0.25) is 0 Å². The lowest BCUT2D eigenvalue weighted by Crippen LogP contribution is -2.42. The van der Waals surface area contributed by atoms with E-state index >= 15 is 0 Å². The van der Waals surface area contributed by atoms with Crippen LogP contribution in [0.1, 0.15) is 11.1 Å². The number of likely N-dealkylation sites (N-methyl/N-ethyl adjacent to an activating group) is 1. The number of benzene rings is 2. The first-order valence-electron chi connectivity index (χ1n) is 8.47. The molecule has 0 radical (unpaired) electrons. The van der Waals surface area contributed by atoms with Crippen LogP contribution in [-0.2, 0) is 17.9 Å². The Morgan fingerprint density at radius 1 is 1.00 bits per heavy atom. The summed E-state index contributed by atoms with van der Waals surface area (Å²) in [5.41, 5.74) is 2.20. The van der Waals surface area contributed by atoms with E-state index in [0.29, 0.717) is 19.0 Å². The van der Waals surface area contributed by atoms with Crippen molar-refractivity contribution in [3.8, 4) is 5.75 Å². The van der Waals surface area contributed by atoms with Crippen LogP contribution in [0.3, 0.4) is 0 Å². The average Bonchev–Trinajstić information content (AvgIpc) is 2.68. The Morgan fingerprint density at radius 3 is 2.26 bits per heavy atom. The molecule has 0 saturated carbocycles. The van der Waals surface area contributed by atoms with Crippen molar-refractivity contribution in [2.75, 3.05) is 27.7 Å². The third kappa shape index (κ3) is 8.29. The SMILES string of the molecule is COc1ccc(CNC(=NCc2ccccc2)NCC(=O)N(C)C)cc1.I. The summed E-state index contributed by atoms with van der Waals surface area (Å²) < 4.78 is 5.17. The van der Waals surface area contributed by atoms with E-state index < -0.39 is 0 Å². The lowest BCUT2D eigenvalue weighted by Gasteiger charge is -2.15. The van der Waals surface area contributed by atoms with Gasteiger partial charge in [0, 0.05) is 20.6 Å². The highest BCUT2D eigenvalue weighted by Crippen LogP contribution is 2.10. The van der Waals surface area contributed by atoms with E-state index in [1.807, 2.05) is 54.6 Å². The fraction of sp³-hybridized carbons (Fsp3) is 0.300. The Bertz CT molecular complexity index is 719. The third-order valence-corrected chi connectivity index (χ3v) is 3.79. The van der Waals surface area contributed by atoms with Gasteiger partial charge in [-0.2, -0.15) is 0 Å². The largest absolute Gasteiger partial charge is 0.497 e. The summed E-state index contributed by atoms with van der Waals surface area (Å²) in [6.45, 7) is 1.33. The zero-order chi connectivity index (χ0) is 18.8. The Kier molecular flexibility index (Phi) is 10.2. The number of carbonyl (C=O) groups is 1. The normalized spacial score (nSPS) is 10.6. The Labute approximate surface area is 178 Å². The van der Waals surface area contributed by atoms with Crippen LogP contribution in [0.25, 0.3) is 0 Å². The maximum absolute atomic E-state index is 11.8. The van der Waals surface area contributed by atoms with Crippen LogP contribution < -0.4 is 15.4 Å². The number of nitrogens with zero attached hydrogens (tertiary/aromatic N) is 2. The first-order valence-corrected chi connectivity index (χ1v) is 8.47. The number of rotatable bonds is 7. The van der Waals surface area contributed by atoms with E-state index in [-0.39, 0.29) is 36.4 Å². The number of guanidine groups is 1. The van der Waals surface area contributed by atoms with Crippen molar-refractivity contribution in [1.29, 1.82) is 0 Å². The lowest BCUT2D eigenvalue weighted by molar-refractivity contribution is -0.127. The number of aliphatic imine (C=N–C) groups is 1. The highest BCUT2D eigenvalue weighted by atomic mass is 127. The zero-order valence-corrected chi connectivity index (χ0v) is 18.3. The maximum atomic E-state index is 11.8. The molecule has 7 heteroatoms. The lowest BCUT2D eigenvalue weighted by atomic mass is 10.2. The second-order valence-electron chi connectivity index (χ2n) is 5.99. The summed E-state index contributed by atoms with van der Waals surface area (Å²) in [6.07, 6.45) is 0. The van der Waals surface area contributed by atoms with Crippen LogP contribution >= 0.6 is 24.0 Å². The standard InChI is InChI=1S/C20H26N4O2.HI/c1-24(2)19(25)15-23-20(21-13-16-7-5-4-6-8-16)22-14-17-9-11-18(26-3)12-10-17;/h4-12H,13-15H2,1-3H3,(H2,21,22,23);1H. The molecule has 0 heterocycles. The monoisotopic (exact) mass is 482 g/mol. The quantitative estimate of drug-likeness (QED) is 0.362. The van der Waals surface area contributed by atoms with Gasteiger partial charge in [-0.05, 0) is 23.3 Å². The van der Waals surface area contributed by atoms with Crippen LogP contribution in [0, 0.1) is 0 Å². The van der Waals surface area contributed by atoms with Gasteiger partial charge < -0.3 is 20.3 Å². The van der Waals surface area contributed by atoms with Gasteiger partial charge in [0.25, 0.3) is 0 Å². The van der Waals surface area contributed by atoms with Crippen molar-refractivity contribution in [3.05, 3.63) is 65.7 Å². The first kappa shape index (κ1) is 22.8. The average molecular weight is 482 g/mol. The fourth-order valence-electron chi connectivity index (χ4n) is 2.17.